The third kappa shape index (κ3) is 2.63. The van der Waals surface area contributed by atoms with Gasteiger partial charge in [0.1, 0.15) is 5.76 Å². The summed E-state index contributed by atoms with van der Waals surface area (Å²) in [5.41, 5.74) is 1.25. The Morgan fingerprint density at radius 2 is 2.19 bits per heavy atom. The quantitative estimate of drug-likeness (QED) is 0.692. The van der Waals surface area contributed by atoms with Gasteiger partial charge in [0.2, 0.25) is 5.90 Å². The Morgan fingerprint density at radius 1 is 1.31 bits per heavy atom. The molecule has 0 aromatic heterocycles. The molecule has 2 heteroatoms. The van der Waals surface area contributed by atoms with Crippen molar-refractivity contribution >= 4 is 5.90 Å². The fourth-order valence-corrected chi connectivity index (χ4v) is 1.93. The normalized spacial score (nSPS) is 20.3. The van der Waals surface area contributed by atoms with Crippen molar-refractivity contribution in [1.29, 1.82) is 0 Å². The number of rotatable bonds is 2. The van der Waals surface area contributed by atoms with Crippen molar-refractivity contribution in [2.75, 3.05) is 6.54 Å². The van der Waals surface area contributed by atoms with E-state index in [1.807, 2.05) is 6.08 Å². The van der Waals surface area contributed by atoms with Crippen LogP contribution in [-0.4, -0.2) is 12.4 Å². The van der Waals surface area contributed by atoms with Gasteiger partial charge in [0.05, 0.1) is 0 Å². The zero-order valence-corrected chi connectivity index (χ0v) is 10.1. The Bertz CT molecular complexity index is 372. The van der Waals surface area contributed by atoms with E-state index in [0.29, 0.717) is 5.92 Å². The standard InChI is InChI=1S/C14H19NO/c1-11(2)13-9-6-10-15-14(13)16-12-7-4-3-5-8-12/h3-4,7,9,11H,5-6,8,10H2,1-2H3. The van der Waals surface area contributed by atoms with Gasteiger partial charge in [-0.2, -0.15) is 0 Å². The highest BCUT2D eigenvalue weighted by molar-refractivity contribution is 5.95. The van der Waals surface area contributed by atoms with Gasteiger partial charge in [-0.15, -0.1) is 0 Å². The van der Waals surface area contributed by atoms with Crippen LogP contribution >= 0.6 is 0 Å². The van der Waals surface area contributed by atoms with Crippen molar-refractivity contribution in [3.8, 4) is 0 Å². The molecule has 0 amide bonds. The molecule has 0 atom stereocenters. The molecule has 0 aromatic carbocycles. The van der Waals surface area contributed by atoms with Crippen LogP contribution in [0, 0.1) is 5.92 Å². The Labute approximate surface area is 97.4 Å². The van der Waals surface area contributed by atoms with Gasteiger partial charge in [-0.05, 0) is 24.8 Å². The van der Waals surface area contributed by atoms with Gasteiger partial charge in [0, 0.05) is 18.5 Å². The molecule has 0 unspecified atom stereocenters. The van der Waals surface area contributed by atoms with Crippen molar-refractivity contribution in [3.05, 3.63) is 35.6 Å². The van der Waals surface area contributed by atoms with Crippen LogP contribution < -0.4 is 0 Å². The first-order chi connectivity index (χ1) is 7.77. The molecular formula is C14H19NO. The lowest BCUT2D eigenvalue weighted by molar-refractivity contribution is 0.384. The fraction of sp³-hybridized carbons (Fsp3) is 0.500. The Kier molecular flexibility index (Phi) is 3.60. The molecule has 16 heavy (non-hydrogen) atoms. The summed E-state index contributed by atoms with van der Waals surface area (Å²) < 4.78 is 5.90. The molecule has 0 saturated carbocycles. The Balaban J connectivity index is 2.08. The monoisotopic (exact) mass is 217 g/mol. The lowest BCUT2D eigenvalue weighted by atomic mass is 10.00. The zero-order valence-electron chi connectivity index (χ0n) is 10.1. The molecule has 0 fully saturated rings. The van der Waals surface area contributed by atoms with E-state index >= 15 is 0 Å². The second kappa shape index (κ2) is 5.15. The topological polar surface area (TPSA) is 21.6 Å². The van der Waals surface area contributed by atoms with E-state index in [1.54, 1.807) is 0 Å². The third-order valence-electron chi connectivity index (χ3n) is 2.82. The predicted octanol–water partition coefficient (Wildman–Crippen LogP) is 3.62. The molecule has 0 N–H and O–H groups in total. The van der Waals surface area contributed by atoms with Gasteiger partial charge < -0.3 is 4.74 Å². The lowest BCUT2D eigenvalue weighted by Gasteiger charge is -2.20. The van der Waals surface area contributed by atoms with Crippen molar-refractivity contribution in [2.45, 2.75) is 33.1 Å². The summed E-state index contributed by atoms with van der Waals surface area (Å²) >= 11 is 0. The summed E-state index contributed by atoms with van der Waals surface area (Å²) in [6.07, 6.45) is 11.6. The molecule has 1 aliphatic heterocycles. The van der Waals surface area contributed by atoms with Crippen LogP contribution in [0.15, 0.2) is 40.6 Å². The Morgan fingerprint density at radius 3 is 2.88 bits per heavy atom. The summed E-state index contributed by atoms with van der Waals surface area (Å²) in [5, 5.41) is 0. The number of hydrogen-bond donors (Lipinski definition) is 0. The molecule has 0 bridgehead atoms. The van der Waals surface area contributed by atoms with E-state index in [4.69, 9.17) is 4.74 Å². The van der Waals surface area contributed by atoms with E-state index < -0.39 is 0 Å². The first kappa shape index (κ1) is 11.2. The van der Waals surface area contributed by atoms with E-state index in [9.17, 15) is 0 Å². The van der Waals surface area contributed by atoms with E-state index in [-0.39, 0.29) is 0 Å². The molecule has 1 heterocycles. The van der Waals surface area contributed by atoms with Crippen LogP contribution in [0.25, 0.3) is 0 Å². The number of hydrogen-bond acceptors (Lipinski definition) is 2. The summed E-state index contributed by atoms with van der Waals surface area (Å²) in [7, 11) is 0. The molecule has 0 saturated heterocycles. The third-order valence-corrected chi connectivity index (χ3v) is 2.82. The predicted molar refractivity (Wildman–Crippen MR) is 67.4 cm³/mol. The van der Waals surface area contributed by atoms with Crippen LogP contribution in [0.3, 0.4) is 0 Å². The number of dihydropyridines is 1. The molecule has 2 aliphatic rings. The molecule has 0 spiro atoms. The van der Waals surface area contributed by atoms with Gasteiger partial charge in [-0.1, -0.05) is 32.1 Å². The van der Waals surface area contributed by atoms with Crippen LogP contribution in [0.2, 0.25) is 0 Å². The summed E-state index contributed by atoms with van der Waals surface area (Å²) in [6, 6.07) is 0. The smallest absolute Gasteiger partial charge is 0.217 e. The molecule has 2 rings (SSSR count). The SMILES string of the molecule is CC(C)C1=CCCN=C1OC1=CC=CCC1. The number of aliphatic imine (C=N–C) groups is 1. The molecule has 1 aliphatic carbocycles. The van der Waals surface area contributed by atoms with Gasteiger partial charge in [-0.3, -0.25) is 4.99 Å². The summed E-state index contributed by atoms with van der Waals surface area (Å²) in [5.74, 6) is 2.36. The number of ether oxygens (including phenoxy) is 1. The molecular weight excluding hydrogens is 198 g/mol. The first-order valence-electron chi connectivity index (χ1n) is 6.06. The van der Waals surface area contributed by atoms with E-state index in [0.717, 1.165) is 37.5 Å². The minimum Gasteiger partial charge on any atom is -0.443 e. The zero-order chi connectivity index (χ0) is 11.4. The van der Waals surface area contributed by atoms with Crippen molar-refractivity contribution in [1.82, 2.24) is 0 Å². The average molecular weight is 217 g/mol. The van der Waals surface area contributed by atoms with Crippen molar-refractivity contribution < 1.29 is 4.74 Å². The minimum atomic E-state index is 0.485. The highest BCUT2D eigenvalue weighted by Crippen LogP contribution is 2.22. The van der Waals surface area contributed by atoms with Crippen LogP contribution in [0.5, 0.6) is 0 Å². The summed E-state index contributed by atoms with van der Waals surface area (Å²) in [6.45, 7) is 5.23. The lowest BCUT2D eigenvalue weighted by Crippen LogP contribution is -2.16. The van der Waals surface area contributed by atoms with Crippen molar-refractivity contribution in [2.24, 2.45) is 10.9 Å². The maximum Gasteiger partial charge on any atom is 0.217 e. The summed E-state index contributed by atoms with van der Waals surface area (Å²) in [4.78, 5) is 4.49. The van der Waals surface area contributed by atoms with Crippen LogP contribution in [0.1, 0.15) is 33.1 Å². The highest BCUT2D eigenvalue weighted by atomic mass is 16.5. The maximum absolute atomic E-state index is 5.90. The highest BCUT2D eigenvalue weighted by Gasteiger charge is 2.17. The number of allylic oxidation sites excluding steroid dienone is 4. The minimum absolute atomic E-state index is 0.485. The maximum atomic E-state index is 5.90. The molecule has 0 radical (unpaired) electrons. The van der Waals surface area contributed by atoms with E-state index in [2.05, 4.69) is 37.1 Å². The molecule has 86 valence electrons. The first-order valence-corrected chi connectivity index (χ1v) is 6.06. The molecule has 2 nitrogen and oxygen atoms in total. The number of nitrogens with zero attached hydrogens (tertiary/aromatic N) is 1. The van der Waals surface area contributed by atoms with Gasteiger partial charge in [0.25, 0.3) is 0 Å². The van der Waals surface area contributed by atoms with Gasteiger partial charge in [0.15, 0.2) is 0 Å². The Hall–Kier alpha value is -1.31. The second-order valence-corrected chi connectivity index (χ2v) is 4.49. The van der Waals surface area contributed by atoms with E-state index in [1.165, 1.54) is 5.57 Å². The van der Waals surface area contributed by atoms with Crippen LogP contribution in [0.4, 0.5) is 0 Å². The van der Waals surface area contributed by atoms with Crippen LogP contribution in [-0.2, 0) is 4.74 Å². The fourth-order valence-electron chi connectivity index (χ4n) is 1.93. The van der Waals surface area contributed by atoms with Gasteiger partial charge in [-0.25, -0.2) is 0 Å². The molecule has 0 aromatic rings. The largest absolute Gasteiger partial charge is 0.443 e. The van der Waals surface area contributed by atoms with Crippen molar-refractivity contribution in [3.63, 3.8) is 0 Å². The second-order valence-electron chi connectivity index (χ2n) is 4.49. The van der Waals surface area contributed by atoms with Gasteiger partial charge >= 0.3 is 0 Å². The average Bonchev–Trinajstić information content (AvgIpc) is 2.31.